The number of halogens is 1. The van der Waals surface area contributed by atoms with E-state index in [9.17, 15) is 0 Å². The van der Waals surface area contributed by atoms with Crippen LogP contribution in [0, 0.1) is 13.8 Å². The van der Waals surface area contributed by atoms with Gasteiger partial charge in [0.05, 0.1) is 0 Å². The third-order valence-corrected chi connectivity index (χ3v) is 5.95. The molecular weight excluding hydrogens is 428 g/mol. The number of rotatable bonds is 4. The maximum atomic E-state index is 4.99. The predicted molar refractivity (Wildman–Crippen MR) is 134 cm³/mol. The number of fused-ring (bicyclic) bond motifs is 2. The first kappa shape index (κ1) is 22.6. The van der Waals surface area contributed by atoms with E-state index < -0.39 is 0 Å². The highest BCUT2D eigenvalue weighted by Gasteiger charge is 2.22. The number of hydrogen-bond donors (Lipinski definition) is 1. The summed E-state index contributed by atoms with van der Waals surface area (Å²) >= 11 is 0. The zero-order chi connectivity index (χ0) is 22.2. The van der Waals surface area contributed by atoms with Crippen molar-refractivity contribution in [3.8, 4) is 5.69 Å². The van der Waals surface area contributed by atoms with E-state index in [2.05, 4.69) is 128 Å². The highest BCUT2D eigenvalue weighted by Crippen LogP contribution is 2.26. The van der Waals surface area contributed by atoms with E-state index in [1.54, 1.807) is 0 Å². The zero-order valence-corrected chi connectivity index (χ0v) is 20.1. The Morgan fingerprint density at radius 3 is 2.06 bits per heavy atom. The van der Waals surface area contributed by atoms with Crippen LogP contribution in [0.15, 0.2) is 84.9 Å². The summed E-state index contributed by atoms with van der Waals surface area (Å²) in [6.45, 7) is 4.28. The summed E-state index contributed by atoms with van der Waals surface area (Å²) in [7, 11) is 4.13. The molecule has 1 N–H and O–H groups in total. The lowest BCUT2D eigenvalue weighted by molar-refractivity contribution is -0.538. The number of anilines is 3. The highest BCUT2D eigenvalue weighted by atomic mass is 35.5. The Kier molecular flexibility index (Phi) is 6.21. The third-order valence-electron chi connectivity index (χ3n) is 5.95. The fourth-order valence-electron chi connectivity index (χ4n) is 4.14. The van der Waals surface area contributed by atoms with Crippen molar-refractivity contribution in [1.82, 2.24) is 4.98 Å². The fraction of sp³-hybridized carbons (Fsp3) is 0.143. The van der Waals surface area contributed by atoms with Crippen molar-refractivity contribution in [2.24, 2.45) is 0 Å². The van der Waals surface area contributed by atoms with Gasteiger partial charge in [-0.25, -0.2) is 4.98 Å². The highest BCUT2D eigenvalue weighted by molar-refractivity contribution is 5.86. The van der Waals surface area contributed by atoms with E-state index in [4.69, 9.17) is 4.98 Å². The van der Waals surface area contributed by atoms with Gasteiger partial charge in [-0.3, -0.25) is 0 Å². The van der Waals surface area contributed by atoms with Gasteiger partial charge in [0.1, 0.15) is 11.0 Å². The Morgan fingerprint density at radius 1 is 0.727 bits per heavy atom. The van der Waals surface area contributed by atoms with Crippen LogP contribution < -0.4 is 27.2 Å². The van der Waals surface area contributed by atoms with Gasteiger partial charge in [0.15, 0.2) is 0 Å². The third kappa shape index (κ3) is 4.22. The van der Waals surface area contributed by atoms with Crippen LogP contribution in [0.3, 0.4) is 0 Å². The van der Waals surface area contributed by atoms with Gasteiger partial charge in [0, 0.05) is 54.9 Å². The van der Waals surface area contributed by atoms with Crippen LogP contribution in [0.5, 0.6) is 0 Å². The number of para-hydroxylation sites is 2. The van der Waals surface area contributed by atoms with Crippen LogP contribution in [-0.2, 0) is 0 Å². The summed E-state index contributed by atoms with van der Waals surface area (Å²) in [5.74, 6) is 0. The summed E-state index contributed by atoms with van der Waals surface area (Å²) < 4.78 is 2.34. The normalized spacial score (nSPS) is 10.8. The molecule has 0 saturated carbocycles. The minimum absolute atomic E-state index is 0. The van der Waals surface area contributed by atoms with E-state index in [0.717, 1.165) is 44.8 Å². The summed E-state index contributed by atoms with van der Waals surface area (Å²) in [5.41, 5.74) is 11.0. The van der Waals surface area contributed by atoms with E-state index in [1.807, 2.05) is 0 Å². The number of benzene rings is 4. The van der Waals surface area contributed by atoms with Crippen molar-refractivity contribution in [3.05, 3.63) is 96.1 Å². The minimum atomic E-state index is 0. The molecular formula is C28H27ClN4. The number of aryl methyl sites for hydroxylation is 2. The zero-order valence-electron chi connectivity index (χ0n) is 19.3. The van der Waals surface area contributed by atoms with Gasteiger partial charge in [-0.05, 0) is 49.7 Å². The largest absolute Gasteiger partial charge is 1.00 e. The molecule has 0 aliphatic heterocycles. The molecule has 0 amide bonds. The monoisotopic (exact) mass is 454 g/mol. The maximum absolute atomic E-state index is 4.99. The molecule has 166 valence electrons. The Hall–Kier alpha value is -3.63. The molecule has 0 spiro atoms. The van der Waals surface area contributed by atoms with Gasteiger partial charge in [-0.2, -0.15) is 0 Å². The number of aromatic nitrogens is 2. The van der Waals surface area contributed by atoms with E-state index >= 15 is 0 Å². The first-order chi connectivity index (χ1) is 15.5. The van der Waals surface area contributed by atoms with Crippen LogP contribution in [0.1, 0.15) is 11.1 Å². The molecule has 0 unspecified atom stereocenters. The van der Waals surface area contributed by atoms with Gasteiger partial charge in [-0.15, -0.1) is 4.57 Å². The standard InChI is InChI=1S/C28H26N4.ClH/c1-19-9-5-7-11-23(19)29-21-13-15-24-27(17-21)32(26-12-8-6-10-20(26)2)28-18-22(31(3)4)14-16-25(28)30-24;/h5-18H,1-4H3;1H. The molecule has 5 heteroatoms. The molecule has 0 fully saturated rings. The summed E-state index contributed by atoms with van der Waals surface area (Å²) in [5, 5.41) is 3.59. The van der Waals surface area contributed by atoms with Crippen LogP contribution >= 0.6 is 0 Å². The van der Waals surface area contributed by atoms with E-state index in [-0.39, 0.29) is 12.4 Å². The first-order valence-corrected chi connectivity index (χ1v) is 10.9. The van der Waals surface area contributed by atoms with E-state index in [0.29, 0.717) is 0 Å². The predicted octanol–water partition coefficient (Wildman–Crippen LogP) is 3.10. The topological polar surface area (TPSA) is 32.0 Å². The summed E-state index contributed by atoms with van der Waals surface area (Å²) in [6.07, 6.45) is 0. The van der Waals surface area contributed by atoms with Gasteiger partial charge >= 0.3 is 0 Å². The lowest BCUT2D eigenvalue weighted by Gasteiger charge is -2.14. The molecule has 4 nitrogen and oxygen atoms in total. The molecule has 33 heavy (non-hydrogen) atoms. The summed E-state index contributed by atoms with van der Waals surface area (Å²) in [6, 6.07) is 29.7. The van der Waals surface area contributed by atoms with Gasteiger partial charge in [0.2, 0.25) is 16.7 Å². The maximum Gasteiger partial charge on any atom is 0.239 e. The molecule has 0 saturated heterocycles. The lowest BCUT2D eigenvalue weighted by atomic mass is 10.1. The van der Waals surface area contributed by atoms with E-state index in [1.165, 1.54) is 11.1 Å². The number of nitrogens with zero attached hydrogens (tertiary/aromatic N) is 3. The summed E-state index contributed by atoms with van der Waals surface area (Å²) in [4.78, 5) is 7.12. The van der Waals surface area contributed by atoms with Crippen molar-refractivity contribution in [3.63, 3.8) is 0 Å². The molecule has 5 aromatic rings. The average Bonchev–Trinajstić information content (AvgIpc) is 2.79. The van der Waals surface area contributed by atoms with Crippen molar-refractivity contribution in [1.29, 1.82) is 0 Å². The smallest absolute Gasteiger partial charge is 0.239 e. The number of nitrogens with one attached hydrogen (secondary N) is 1. The quantitative estimate of drug-likeness (QED) is 0.334. The van der Waals surface area contributed by atoms with Crippen LogP contribution in [0.2, 0.25) is 0 Å². The van der Waals surface area contributed by atoms with Crippen molar-refractivity contribution >= 4 is 39.1 Å². The number of hydrogen-bond acceptors (Lipinski definition) is 3. The SMILES string of the molecule is Cc1ccccc1Nc1ccc2nc3ccc(N(C)C)cc3[n+](-c3ccccc3C)c2c1.[Cl-]. The lowest BCUT2D eigenvalue weighted by Crippen LogP contribution is -3.00. The fourth-order valence-corrected chi connectivity index (χ4v) is 4.14. The van der Waals surface area contributed by atoms with Gasteiger partial charge < -0.3 is 22.6 Å². The first-order valence-electron chi connectivity index (χ1n) is 10.9. The van der Waals surface area contributed by atoms with Gasteiger partial charge in [-0.1, -0.05) is 36.4 Å². The molecule has 0 bridgehead atoms. The Labute approximate surface area is 200 Å². The van der Waals surface area contributed by atoms with Crippen LogP contribution in [0.25, 0.3) is 27.8 Å². The second kappa shape index (κ2) is 9.08. The van der Waals surface area contributed by atoms with Crippen molar-refractivity contribution in [2.75, 3.05) is 24.3 Å². The van der Waals surface area contributed by atoms with Gasteiger partial charge in [0.25, 0.3) is 0 Å². The minimum Gasteiger partial charge on any atom is -1.00 e. The molecule has 1 aromatic heterocycles. The van der Waals surface area contributed by atoms with Crippen LogP contribution in [0.4, 0.5) is 17.1 Å². The van der Waals surface area contributed by atoms with Crippen LogP contribution in [-0.4, -0.2) is 19.1 Å². The molecule has 0 atom stereocenters. The van der Waals surface area contributed by atoms with Crippen molar-refractivity contribution in [2.45, 2.75) is 13.8 Å². The second-order valence-electron chi connectivity index (χ2n) is 8.44. The van der Waals surface area contributed by atoms with Crippen molar-refractivity contribution < 1.29 is 17.0 Å². The molecule has 0 radical (unpaired) electrons. The average molecular weight is 455 g/mol. The Bertz CT molecular complexity index is 1460. The Morgan fingerprint density at radius 2 is 1.36 bits per heavy atom. The second-order valence-corrected chi connectivity index (χ2v) is 8.44. The molecule has 5 rings (SSSR count). The Balaban J connectivity index is 0.00000259. The molecule has 1 heterocycles. The molecule has 0 aliphatic rings. The molecule has 4 aromatic carbocycles. The molecule has 0 aliphatic carbocycles.